The zero-order chi connectivity index (χ0) is 18.5. The number of aromatic nitrogens is 2. The van der Waals surface area contributed by atoms with Gasteiger partial charge in [-0.2, -0.15) is 5.10 Å². The summed E-state index contributed by atoms with van der Waals surface area (Å²) < 4.78 is 16.4. The van der Waals surface area contributed by atoms with E-state index in [1.54, 1.807) is 23.0 Å². The molecule has 134 valence electrons. The van der Waals surface area contributed by atoms with Gasteiger partial charge < -0.3 is 13.9 Å². The Labute approximate surface area is 154 Å². The Morgan fingerprint density at radius 2 is 2.00 bits per heavy atom. The van der Waals surface area contributed by atoms with Gasteiger partial charge in [0.25, 0.3) is 0 Å². The summed E-state index contributed by atoms with van der Waals surface area (Å²) in [6.07, 6.45) is 4.31. The second kappa shape index (κ2) is 7.88. The molecule has 26 heavy (non-hydrogen) atoms. The number of hydrogen-bond acceptors (Lipinski definition) is 6. The lowest BCUT2D eigenvalue weighted by Crippen LogP contribution is -2.08. The third-order valence-electron chi connectivity index (χ3n) is 3.64. The number of nitrogens with zero attached hydrogens (tertiary/aromatic N) is 2. The number of carbonyl (C=O) groups excluding carboxylic acids is 2. The van der Waals surface area contributed by atoms with E-state index in [0.717, 1.165) is 5.56 Å². The highest BCUT2D eigenvalue weighted by Gasteiger charge is 2.18. The van der Waals surface area contributed by atoms with Gasteiger partial charge in [0.05, 0.1) is 31.7 Å². The van der Waals surface area contributed by atoms with Gasteiger partial charge in [-0.3, -0.25) is 4.68 Å². The van der Waals surface area contributed by atoms with E-state index in [-0.39, 0.29) is 12.4 Å². The highest BCUT2D eigenvalue weighted by atomic mass is 35.5. The molecule has 0 fully saturated rings. The third-order valence-corrected chi connectivity index (χ3v) is 4.00. The fraction of sp³-hybridized carbons (Fsp3) is 0.167. The van der Waals surface area contributed by atoms with Crippen molar-refractivity contribution in [1.29, 1.82) is 0 Å². The van der Waals surface area contributed by atoms with Gasteiger partial charge in [0.2, 0.25) is 5.76 Å². The van der Waals surface area contributed by atoms with E-state index in [2.05, 4.69) is 9.84 Å². The molecule has 0 amide bonds. The Morgan fingerprint density at radius 3 is 2.77 bits per heavy atom. The lowest BCUT2D eigenvalue weighted by atomic mass is 10.2. The number of furan rings is 1. The largest absolute Gasteiger partial charge is 0.463 e. The molecule has 0 aliphatic heterocycles. The van der Waals surface area contributed by atoms with Crippen LogP contribution in [0.15, 0.2) is 53.4 Å². The van der Waals surface area contributed by atoms with Crippen LogP contribution in [0, 0.1) is 0 Å². The maximum atomic E-state index is 12.2. The topological polar surface area (TPSA) is 83.6 Å². The lowest BCUT2D eigenvalue weighted by Gasteiger charge is -2.04. The molecule has 1 aromatic carbocycles. The molecule has 0 saturated carbocycles. The molecule has 2 heterocycles. The first-order valence-electron chi connectivity index (χ1n) is 7.66. The van der Waals surface area contributed by atoms with E-state index in [0.29, 0.717) is 22.7 Å². The van der Waals surface area contributed by atoms with Gasteiger partial charge >= 0.3 is 11.9 Å². The lowest BCUT2D eigenvalue weighted by molar-refractivity contribution is 0.0453. The number of methoxy groups -OCH3 is 1. The first kappa shape index (κ1) is 17.8. The minimum atomic E-state index is -0.631. The van der Waals surface area contributed by atoms with Gasteiger partial charge in [0.1, 0.15) is 6.61 Å². The summed E-state index contributed by atoms with van der Waals surface area (Å²) in [6, 6.07) is 8.94. The number of rotatable bonds is 6. The molecule has 3 rings (SSSR count). The van der Waals surface area contributed by atoms with E-state index < -0.39 is 11.9 Å². The molecule has 0 spiro atoms. The van der Waals surface area contributed by atoms with Crippen LogP contribution in [0.1, 0.15) is 32.0 Å². The number of benzene rings is 1. The van der Waals surface area contributed by atoms with Crippen LogP contribution in [-0.2, 0) is 22.6 Å². The Hall–Kier alpha value is -3.06. The molecule has 0 atom stereocenters. The van der Waals surface area contributed by atoms with Crippen LogP contribution >= 0.6 is 11.6 Å². The fourth-order valence-corrected chi connectivity index (χ4v) is 2.50. The second-order valence-electron chi connectivity index (χ2n) is 5.36. The van der Waals surface area contributed by atoms with Crippen LogP contribution in [0.5, 0.6) is 0 Å². The first-order chi connectivity index (χ1) is 12.6. The van der Waals surface area contributed by atoms with Crippen molar-refractivity contribution in [3.8, 4) is 0 Å². The molecule has 8 heteroatoms. The Kier molecular flexibility index (Phi) is 5.38. The molecule has 7 nitrogen and oxygen atoms in total. The minimum absolute atomic E-state index is 0.00900. The SMILES string of the molecule is COC(=O)c1occc1COC(=O)c1cnn(Cc2ccccc2Cl)c1. The highest BCUT2D eigenvalue weighted by Crippen LogP contribution is 2.17. The molecule has 0 aliphatic carbocycles. The zero-order valence-corrected chi connectivity index (χ0v) is 14.6. The molecular formula is C18H15ClN2O5. The average Bonchev–Trinajstić information content (AvgIpc) is 3.30. The number of carbonyl (C=O) groups is 2. The second-order valence-corrected chi connectivity index (χ2v) is 5.77. The summed E-state index contributed by atoms with van der Waals surface area (Å²) in [5.74, 6) is -1.18. The standard InChI is InChI=1S/C18H15ClN2O5/c1-24-18(23)16-13(6-7-25-16)11-26-17(22)14-8-20-21(10-14)9-12-4-2-3-5-15(12)19/h2-8,10H,9,11H2,1H3. The van der Waals surface area contributed by atoms with Gasteiger partial charge in [-0.1, -0.05) is 29.8 Å². The quantitative estimate of drug-likeness (QED) is 0.615. The van der Waals surface area contributed by atoms with E-state index >= 15 is 0 Å². The molecule has 0 aliphatic rings. The summed E-state index contributed by atoms with van der Waals surface area (Å²) in [7, 11) is 1.24. The molecule has 0 saturated heterocycles. The van der Waals surface area contributed by atoms with Crippen LogP contribution in [0.25, 0.3) is 0 Å². The van der Waals surface area contributed by atoms with E-state index in [4.69, 9.17) is 20.8 Å². The Morgan fingerprint density at radius 1 is 1.19 bits per heavy atom. The van der Waals surface area contributed by atoms with E-state index in [1.165, 1.54) is 19.6 Å². The van der Waals surface area contributed by atoms with Crippen molar-refractivity contribution < 1.29 is 23.5 Å². The van der Waals surface area contributed by atoms with Crippen molar-refractivity contribution in [2.45, 2.75) is 13.2 Å². The molecule has 0 unspecified atom stereocenters. The summed E-state index contributed by atoms with van der Waals surface area (Å²) in [5, 5.41) is 4.77. The molecule has 0 radical (unpaired) electrons. The van der Waals surface area contributed by atoms with Crippen LogP contribution in [0.4, 0.5) is 0 Å². The van der Waals surface area contributed by atoms with Crippen molar-refractivity contribution >= 4 is 23.5 Å². The highest BCUT2D eigenvalue weighted by molar-refractivity contribution is 6.31. The number of esters is 2. The number of ether oxygens (including phenoxy) is 2. The summed E-state index contributed by atoms with van der Waals surface area (Å²) in [5.41, 5.74) is 1.60. The monoisotopic (exact) mass is 374 g/mol. The van der Waals surface area contributed by atoms with E-state index in [1.807, 2.05) is 18.2 Å². The van der Waals surface area contributed by atoms with Crippen LogP contribution in [-0.4, -0.2) is 28.8 Å². The third kappa shape index (κ3) is 3.94. The minimum Gasteiger partial charge on any atom is -0.463 e. The zero-order valence-electron chi connectivity index (χ0n) is 13.8. The van der Waals surface area contributed by atoms with Gasteiger partial charge in [0, 0.05) is 16.8 Å². The van der Waals surface area contributed by atoms with E-state index in [9.17, 15) is 9.59 Å². The maximum Gasteiger partial charge on any atom is 0.374 e. The Balaban J connectivity index is 1.63. The smallest absolute Gasteiger partial charge is 0.374 e. The van der Waals surface area contributed by atoms with Crippen molar-refractivity contribution in [2.24, 2.45) is 0 Å². The predicted molar refractivity (Wildman–Crippen MR) is 91.9 cm³/mol. The Bertz CT molecular complexity index is 931. The van der Waals surface area contributed by atoms with Crippen LogP contribution in [0.3, 0.4) is 0 Å². The predicted octanol–water partition coefficient (Wildman–Crippen LogP) is 3.32. The summed E-state index contributed by atoms with van der Waals surface area (Å²) in [4.78, 5) is 23.7. The van der Waals surface area contributed by atoms with Crippen LogP contribution < -0.4 is 0 Å². The van der Waals surface area contributed by atoms with Crippen molar-refractivity contribution in [3.05, 3.63) is 76.5 Å². The number of hydrogen-bond donors (Lipinski definition) is 0. The normalized spacial score (nSPS) is 10.5. The summed E-state index contributed by atoms with van der Waals surface area (Å²) in [6.45, 7) is 0.316. The molecule has 0 bridgehead atoms. The molecule has 2 aromatic heterocycles. The van der Waals surface area contributed by atoms with Crippen molar-refractivity contribution in [3.63, 3.8) is 0 Å². The van der Waals surface area contributed by atoms with Gasteiger partial charge in [0.15, 0.2) is 0 Å². The van der Waals surface area contributed by atoms with Gasteiger partial charge in [-0.05, 0) is 17.7 Å². The maximum absolute atomic E-state index is 12.2. The fourth-order valence-electron chi connectivity index (χ4n) is 2.30. The van der Waals surface area contributed by atoms with Crippen molar-refractivity contribution in [2.75, 3.05) is 7.11 Å². The van der Waals surface area contributed by atoms with Crippen LogP contribution in [0.2, 0.25) is 5.02 Å². The molecule has 0 N–H and O–H groups in total. The molecular weight excluding hydrogens is 360 g/mol. The molecule has 3 aromatic rings. The van der Waals surface area contributed by atoms with Gasteiger partial charge in [-0.15, -0.1) is 0 Å². The van der Waals surface area contributed by atoms with Crippen molar-refractivity contribution in [1.82, 2.24) is 9.78 Å². The summed E-state index contributed by atoms with van der Waals surface area (Å²) >= 11 is 6.12. The van der Waals surface area contributed by atoms with Gasteiger partial charge in [-0.25, -0.2) is 9.59 Å². The average molecular weight is 375 g/mol. The first-order valence-corrected chi connectivity index (χ1v) is 8.04. The number of halogens is 1.